The van der Waals surface area contributed by atoms with E-state index in [0.717, 1.165) is 43.2 Å². The van der Waals surface area contributed by atoms with Crippen molar-refractivity contribution in [2.75, 3.05) is 54.4 Å². The summed E-state index contributed by atoms with van der Waals surface area (Å²) in [7, 11) is -3.76. The van der Waals surface area contributed by atoms with E-state index in [0.29, 0.717) is 88.1 Å². The zero-order valence-electron chi connectivity index (χ0n) is 33.9. The lowest BCUT2D eigenvalue weighted by Gasteiger charge is -2.36. The summed E-state index contributed by atoms with van der Waals surface area (Å²) in [5.74, 6) is -0.649. The Kier molecular flexibility index (Phi) is 10.1. The quantitative estimate of drug-likeness (QED) is 0.268. The maximum atomic E-state index is 15.5. The Hall–Kier alpha value is -5.04. The molecule has 18 heteroatoms. The third kappa shape index (κ3) is 7.24. The number of aromatic nitrogens is 2. The molecule has 2 aromatic carbocycles. The number of benzene rings is 2. The lowest BCUT2D eigenvalue weighted by molar-refractivity contribution is -0.137. The minimum Gasteiger partial charge on any atom is -0.393 e. The van der Waals surface area contributed by atoms with Gasteiger partial charge < -0.3 is 20.2 Å². The Morgan fingerprint density at radius 3 is 2.48 bits per heavy atom. The van der Waals surface area contributed by atoms with Gasteiger partial charge in [0.05, 0.1) is 22.1 Å². The van der Waals surface area contributed by atoms with Crippen LogP contribution in [0.25, 0.3) is 0 Å². The number of nitrogens with one attached hydrogen (secondary N) is 2. The molecule has 3 aromatic rings. The largest absolute Gasteiger partial charge is 0.393 e. The van der Waals surface area contributed by atoms with Crippen molar-refractivity contribution in [1.29, 1.82) is 0 Å². The number of fused-ring (bicyclic) bond motifs is 3. The second kappa shape index (κ2) is 15.4. The number of amides is 4. The highest BCUT2D eigenvalue weighted by atomic mass is 32.2. The molecular formula is C43H50FN9O7S. The van der Waals surface area contributed by atoms with E-state index >= 15 is 4.39 Å². The fourth-order valence-corrected chi connectivity index (χ4v) is 11.9. The average molecular weight is 856 g/mol. The van der Waals surface area contributed by atoms with Crippen molar-refractivity contribution in [3.8, 4) is 0 Å². The summed E-state index contributed by atoms with van der Waals surface area (Å²) in [6.07, 6.45) is 7.42. The number of anilines is 3. The number of piperazine rings is 1. The minimum atomic E-state index is -3.76. The molecule has 1 unspecified atom stereocenters. The maximum Gasteiger partial charge on any atom is 0.255 e. The van der Waals surface area contributed by atoms with Crippen molar-refractivity contribution in [2.24, 2.45) is 0 Å². The van der Waals surface area contributed by atoms with Gasteiger partial charge in [0.2, 0.25) is 33.7 Å². The summed E-state index contributed by atoms with van der Waals surface area (Å²) < 4.78 is 44.9. The summed E-state index contributed by atoms with van der Waals surface area (Å²) in [5, 5.41) is 16.1. The number of nitrogens with zero attached hydrogens (tertiary/aromatic N) is 7. The summed E-state index contributed by atoms with van der Waals surface area (Å²) in [5.41, 5.74) is 2.49. The van der Waals surface area contributed by atoms with Crippen LogP contribution in [-0.4, -0.2) is 125 Å². The molecule has 2 aliphatic carbocycles. The Morgan fingerprint density at radius 1 is 0.951 bits per heavy atom. The Morgan fingerprint density at radius 2 is 1.74 bits per heavy atom. The van der Waals surface area contributed by atoms with Crippen molar-refractivity contribution < 1.29 is 37.1 Å². The third-order valence-corrected chi connectivity index (χ3v) is 15.8. The standard InChI is InChI=1S/C43H50FN9O7S/c44-34-22-32-27(25-52(40(32)57)35-7-8-37(55)47-39(35)56)20-36(34)50-17-15-49(16-18-50)24-26-3-1-6-31(19-26)61(59,60)51-13-9-28(10-14-51)46-42-45-23-33-38(48-42)53(41(58)43(33)11-12-43)29-4-2-5-30(54)21-29/h1,3,6,19-20,22-23,28-30,35,54H,2,4-5,7-18,21,24-25H2,(H,45,46,48)(H,47,55,56)/t29-,30-,35?/m1/s1. The molecule has 3 saturated heterocycles. The second-order valence-corrected chi connectivity index (χ2v) is 19.7. The molecule has 61 heavy (non-hydrogen) atoms. The van der Waals surface area contributed by atoms with E-state index in [1.807, 2.05) is 15.9 Å². The van der Waals surface area contributed by atoms with Gasteiger partial charge in [-0.25, -0.2) is 17.8 Å². The lowest BCUT2D eigenvalue weighted by atomic mass is 9.92. The van der Waals surface area contributed by atoms with Gasteiger partial charge in [-0.1, -0.05) is 12.1 Å². The number of carbonyl (C=O) groups is 4. The maximum absolute atomic E-state index is 15.5. The van der Waals surface area contributed by atoms with Gasteiger partial charge in [-0.2, -0.15) is 9.29 Å². The van der Waals surface area contributed by atoms with Crippen molar-refractivity contribution in [3.05, 3.63) is 70.7 Å². The normalized spacial score (nSPS) is 25.9. The molecule has 0 radical (unpaired) electrons. The highest BCUT2D eigenvalue weighted by Crippen LogP contribution is 2.57. The Labute approximate surface area is 353 Å². The number of imide groups is 1. The molecule has 16 nitrogen and oxygen atoms in total. The van der Waals surface area contributed by atoms with E-state index in [2.05, 4.69) is 20.5 Å². The van der Waals surface area contributed by atoms with E-state index in [1.54, 1.807) is 30.5 Å². The van der Waals surface area contributed by atoms with E-state index < -0.39 is 45.2 Å². The van der Waals surface area contributed by atoms with Crippen LogP contribution in [0.5, 0.6) is 0 Å². The molecule has 2 saturated carbocycles. The molecule has 5 aliphatic heterocycles. The molecule has 7 aliphatic rings. The molecule has 3 atom stereocenters. The minimum absolute atomic E-state index is 0.0493. The zero-order chi connectivity index (χ0) is 42.2. The van der Waals surface area contributed by atoms with Crippen molar-refractivity contribution in [1.82, 2.24) is 29.4 Å². The smallest absolute Gasteiger partial charge is 0.255 e. The van der Waals surface area contributed by atoms with Crippen LogP contribution in [0.15, 0.2) is 47.5 Å². The predicted octanol–water partition coefficient (Wildman–Crippen LogP) is 2.65. The van der Waals surface area contributed by atoms with Crippen molar-refractivity contribution >= 4 is 51.1 Å². The van der Waals surface area contributed by atoms with Gasteiger partial charge in [0.15, 0.2) is 0 Å². The topological polar surface area (TPSA) is 189 Å². The zero-order valence-corrected chi connectivity index (χ0v) is 34.7. The molecule has 4 amide bonds. The summed E-state index contributed by atoms with van der Waals surface area (Å²) >= 11 is 0. The number of rotatable bonds is 9. The summed E-state index contributed by atoms with van der Waals surface area (Å²) in [4.78, 5) is 68.0. The Bertz CT molecular complexity index is 2420. The summed E-state index contributed by atoms with van der Waals surface area (Å²) in [6.45, 7) is 3.63. The van der Waals surface area contributed by atoms with Gasteiger partial charge in [-0.15, -0.1) is 0 Å². The van der Waals surface area contributed by atoms with Gasteiger partial charge in [0.1, 0.15) is 17.7 Å². The van der Waals surface area contributed by atoms with Gasteiger partial charge in [-0.3, -0.25) is 34.3 Å². The third-order valence-electron chi connectivity index (χ3n) is 13.9. The number of hydrogen-bond donors (Lipinski definition) is 3. The van der Waals surface area contributed by atoms with Crippen molar-refractivity contribution in [2.45, 2.75) is 112 Å². The summed E-state index contributed by atoms with van der Waals surface area (Å²) in [6, 6.07) is 9.10. The number of piperidine rings is 2. The number of aliphatic hydroxyl groups is 1. The van der Waals surface area contributed by atoms with E-state index in [-0.39, 0.29) is 53.7 Å². The van der Waals surface area contributed by atoms with Gasteiger partial charge >= 0.3 is 0 Å². The first-order valence-corrected chi connectivity index (χ1v) is 23.0. The molecule has 6 heterocycles. The highest BCUT2D eigenvalue weighted by Gasteiger charge is 2.61. The van der Waals surface area contributed by atoms with E-state index in [1.165, 1.54) is 15.3 Å². The van der Waals surface area contributed by atoms with E-state index in [4.69, 9.17) is 4.98 Å². The molecule has 10 rings (SSSR count). The van der Waals surface area contributed by atoms with Gasteiger partial charge in [0, 0.05) is 88.2 Å². The fraction of sp³-hybridized carbons (Fsp3) is 0.535. The Balaban J connectivity index is 0.736. The molecule has 5 fully saturated rings. The predicted molar refractivity (Wildman–Crippen MR) is 220 cm³/mol. The number of carbonyl (C=O) groups excluding carboxylic acids is 4. The molecule has 0 bridgehead atoms. The first-order valence-electron chi connectivity index (χ1n) is 21.6. The number of halogens is 1. The van der Waals surface area contributed by atoms with Crippen LogP contribution in [0.2, 0.25) is 0 Å². The van der Waals surface area contributed by atoms with Crippen LogP contribution in [0.1, 0.15) is 91.3 Å². The lowest BCUT2D eigenvalue weighted by Crippen LogP contribution is -2.52. The first-order chi connectivity index (χ1) is 29.4. The van der Waals surface area contributed by atoms with Crippen LogP contribution in [0.3, 0.4) is 0 Å². The highest BCUT2D eigenvalue weighted by molar-refractivity contribution is 7.89. The number of sulfonamides is 1. The van der Waals surface area contributed by atoms with Crippen LogP contribution in [0, 0.1) is 5.82 Å². The number of hydrogen-bond acceptors (Lipinski definition) is 12. The molecule has 322 valence electrons. The van der Waals surface area contributed by atoms with Crippen LogP contribution in [-0.2, 0) is 42.9 Å². The molecule has 1 aromatic heterocycles. The van der Waals surface area contributed by atoms with Crippen LogP contribution >= 0.6 is 0 Å². The van der Waals surface area contributed by atoms with Crippen molar-refractivity contribution in [3.63, 3.8) is 0 Å². The monoisotopic (exact) mass is 855 g/mol. The van der Waals surface area contributed by atoms with E-state index in [9.17, 15) is 32.7 Å². The fourth-order valence-electron chi connectivity index (χ4n) is 10.3. The molecule has 1 spiro atoms. The molecule has 3 N–H and O–H groups in total. The van der Waals surface area contributed by atoms with Crippen LogP contribution in [0.4, 0.5) is 21.8 Å². The van der Waals surface area contributed by atoms with Crippen LogP contribution < -0.4 is 20.4 Å². The average Bonchev–Trinajstić information content (AvgIpc) is 3.95. The SMILES string of the molecule is O=C1CCC(N2Cc3cc(N4CCN(Cc5cccc(S(=O)(=O)N6CCC(Nc7ncc8c(n7)N([C@@H]7CCC[C@@H](O)C7)C(=O)C87CC7)CC6)c5)CC4)c(F)cc3C2=O)C(=O)N1. The second-order valence-electron chi connectivity index (χ2n) is 17.8. The number of aliphatic hydroxyl groups excluding tert-OH is 1. The van der Waals surface area contributed by atoms with Gasteiger partial charge in [0.25, 0.3) is 5.91 Å². The van der Waals surface area contributed by atoms with Gasteiger partial charge in [-0.05, 0) is 93.2 Å². The first kappa shape index (κ1) is 40.1. The molecular weight excluding hydrogens is 806 g/mol.